The van der Waals surface area contributed by atoms with E-state index in [-0.39, 0.29) is 30.3 Å². The Labute approximate surface area is 236 Å². The first-order valence-electron chi connectivity index (χ1n) is 14.9. The largest absolute Gasteiger partial charge is 0.481 e. The Bertz CT molecular complexity index is 1070. The summed E-state index contributed by atoms with van der Waals surface area (Å²) >= 11 is 0. The molecule has 0 radical (unpaired) electrons. The van der Waals surface area contributed by atoms with Crippen LogP contribution in [0.25, 0.3) is 0 Å². The molecule has 9 nitrogen and oxygen atoms in total. The molecule has 0 aromatic rings. The van der Waals surface area contributed by atoms with Gasteiger partial charge in [-0.3, -0.25) is 9.59 Å². The monoisotopic (exact) mass is 562 g/mol. The van der Waals surface area contributed by atoms with Crippen LogP contribution in [0.15, 0.2) is 11.6 Å². The van der Waals surface area contributed by atoms with Gasteiger partial charge in [0.05, 0.1) is 24.0 Å². The lowest BCUT2D eigenvalue weighted by Crippen LogP contribution is -2.64. The van der Waals surface area contributed by atoms with E-state index in [2.05, 4.69) is 13.0 Å². The number of carbonyl (C=O) groups excluding carboxylic acids is 2. The molecule has 4 fully saturated rings. The predicted octanol–water partition coefficient (Wildman–Crippen LogP) is 3.62. The fraction of sp³-hybridized carbons (Fsp3) is 0.839. The fourth-order valence-electron chi connectivity index (χ4n) is 9.72. The van der Waals surface area contributed by atoms with Crippen LogP contribution in [0, 0.1) is 51.8 Å². The Kier molecular flexibility index (Phi) is 7.55. The van der Waals surface area contributed by atoms with Gasteiger partial charge >= 0.3 is 11.9 Å². The summed E-state index contributed by atoms with van der Waals surface area (Å²) in [7, 11) is 1.47. The zero-order valence-corrected chi connectivity index (χ0v) is 24.8. The molecule has 5 aliphatic rings. The van der Waals surface area contributed by atoms with Crippen molar-refractivity contribution in [3.05, 3.63) is 11.6 Å². The van der Waals surface area contributed by atoms with E-state index in [4.69, 9.17) is 18.9 Å². The number of aliphatic carboxylic acids is 1. The first-order valence-corrected chi connectivity index (χ1v) is 14.9. The lowest BCUT2D eigenvalue weighted by molar-refractivity contribution is -0.309. The number of aliphatic hydroxyl groups excluding tert-OH is 1. The van der Waals surface area contributed by atoms with Crippen molar-refractivity contribution in [1.29, 1.82) is 0 Å². The van der Waals surface area contributed by atoms with Crippen LogP contribution in [0.2, 0.25) is 0 Å². The number of hydrogen-bond acceptors (Lipinski definition) is 8. The van der Waals surface area contributed by atoms with Gasteiger partial charge in [-0.2, -0.15) is 0 Å². The molecule has 3 saturated carbocycles. The van der Waals surface area contributed by atoms with Crippen molar-refractivity contribution in [3.63, 3.8) is 0 Å². The lowest BCUT2D eigenvalue weighted by Gasteiger charge is -2.58. The molecule has 224 valence electrons. The number of carbonyl (C=O) groups is 3. The van der Waals surface area contributed by atoms with Gasteiger partial charge < -0.3 is 34.0 Å². The number of rotatable bonds is 9. The van der Waals surface area contributed by atoms with Crippen LogP contribution >= 0.6 is 0 Å². The summed E-state index contributed by atoms with van der Waals surface area (Å²) in [5, 5.41) is 22.5. The Morgan fingerprint density at radius 1 is 1.15 bits per heavy atom. The Morgan fingerprint density at radius 3 is 2.42 bits per heavy atom. The van der Waals surface area contributed by atoms with Crippen molar-refractivity contribution >= 4 is 18.2 Å². The third-order valence-corrected chi connectivity index (χ3v) is 11.4. The summed E-state index contributed by atoms with van der Waals surface area (Å²) in [5.74, 6) is -1.37. The van der Waals surface area contributed by atoms with Gasteiger partial charge in [-0.05, 0) is 55.8 Å². The molecule has 9 heteroatoms. The van der Waals surface area contributed by atoms with Gasteiger partial charge in [-0.1, -0.05) is 52.7 Å². The van der Waals surface area contributed by atoms with E-state index in [0.29, 0.717) is 18.8 Å². The van der Waals surface area contributed by atoms with Gasteiger partial charge in [0.2, 0.25) is 0 Å². The number of ether oxygens (including phenoxy) is 4. The average Bonchev–Trinajstić information content (AvgIpc) is 3.47. The van der Waals surface area contributed by atoms with Crippen molar-refractivity contribution in [2.75, 3.05) is 13.7 Å². The van der Waals surface area contributed by atoms with Crippen molar-refractivity contribution in [2.45, 2.75) is 97.9 Å². The normalized spacial score (nSPS) is 47.4. The molecule has 0 aromatic carbocycles. The molecule has 0 amide bonds. The van der Waals surface area contributed by atoms with E-state index in [1.54, 1.807) is 20.8 Å². The smallest absolute Gasteiger partial charge is 0.315 e. The van der Waals surface area contributed by atoms with Gasteiger partial charge in [0, 0.05) is 12.5 Å². The molecular formula is C31H46O9. The number of carboxylic acids is 1. The molecule has 1 aliphatic heterocycles. The second kappa shape index (κ2) is 10.2. The quantitative estimate of drug-likeness (QED) is 0.246. The van der Waals surface area contributed by atoms with E-state index < -0.39 is 64.8 Å². The molecule has 0 aromatic heterocycles. The number of hydrogen-bond donors (Lipinski definition) is 2. The van der Waals surface area contributed by atoms with E-state index >= 15 is 0 Å². The Hall–Kier alpha value is -1.81. The van der Waals surface area contributed by atoms with Crippen LogP contribution in [0.1, 0.15) is 67.2 Å². The molecule has 1 heterocycles. The molecule has 40 heavy (non-hydrogen) atoms. The van der Waals surface area contributed by atoms with Crippen LogP contribution in [-0.4, -0.2) is 72.9 Å². The maximum Gasteiger partial charge on any atom is 0.315 e. The van der Waals surface area contributed by atoms with Crippen molar-refractivity contribution < 1.29 is 43.5 Å². The number of methoxy groups -OCH3 is 1. The first kappa shape index (κ1) is 29.7. The summed E-state index contributed by atoms with van der Waals surface area (Å²) in [5.41, 5.74) is -2.40. The third-order valence-electron chi connectivity index (χ3n) is 11.4. The minimum Gasteiger partial charge on any atom is -0.481 e. The highest BCUT2D eigenvalue weighted by Gasteiger charge is 2.84. The zero-order valence-electron chi connectivity index (χ0n) is 24.8. The molecule has 4 aliphatic carbocycles. The summed E-state index contributed by atoms with van der Waals surface area (Å²) in [6.45, 7) is 11.4. The third kappa shape index (κ3) is 3.69. The van der Waals surface area contributed by atoms with Crippen LogP contribution in [0.3, 0.4) is 0 Å². The molecule has 5 rings (SSSR count). The number of allylic oxidation sites excluding steroid dienone is 1. The van der Waals surface area contributed by atoms with Gasteiger partial charge in [0.15, 0.2) is 12.4 Å². The fourth-order valence-corrected chi connectivity index (χ4v) is 9.72. The first-order chi connectivity index (χ1) is 18.8. The summed E-state index contributed by atoms with van der Waals surface area (Å²) < 4.78 is 23.7. The zero-order chi connectivity index (χ0) is 29.4. The van der Waals surface area contributed by atoms with Crippen LogP contribution < -0.4 is 0 Å². The summed E-state index contributed by atoms with van der Waals surface area (Å²) in [6.07, 6.45) is 1.32. The number of carboxylic acid groups (broad SMARTS) is 1. The van der Waals surface area contributed by atoms with E-state index in [0.717, 1.165) is 24.7 Å². The van der Waals surface area contributed by atoms with Gasteiger partial charge in [0.1, 0.15) is 23.9 Å². The second-order valence-corrected chi connectivity index (χ2v) is 13.8. The second-order valence-electron chi connectivity index (χ2n) is 13.8. The Balaban J connectivity index is 1.52. The molecule has 4 bridgehead atoms. The Morgan fingerprint density at radius 2 is 1.85 bits per heavy atom. The highest BCUT2D eigenvalue weighted by molar-refractivity contribution is 5.90. The summed E-state index contributed by atoms with van der Waals surface area (Å²) in [6, 6.07) is 0. The average molecular weight is 563 g/mol. The molecular weight excluding hydrogens is 516 g/mol. The van der Waals surface area contributed by atoms with Gasteiger partial charge in [-0.25, -0.2) is 0 Å². The maximum absolute atomic E-state index is 13.6. The standard InChI is InChI=1S/C31H46O9/c1-15(2)22-10-19-11-29(13-32)21-9-8-17(5)20(21)12-30(19,31(22,29)28(35)36)14-38-27-23(33)25(40-26(34)16(3)4)24(37-7)18(6)39-27/h10,13,15-21,23-25,27,33H,8-9,11-12,14H2,1-7H3,(H,35,36)/t17?,18-,19?,20?,21?,23+,24-,25+,27-,29?,30?,31?/m1/s1. The number of aldehydes is 1. The van der Waals surface area contributed by atoms with Gasteiger partial charge in [-0.15, -0.1) is 0 Å². The number of aliphatic hydroxyl groups is 1. The van der Waals surface area contributed by atoms with Crippen LogP contribution in [0.5, 0.6) is 0 Å². The topological polar surface area (TPSA) is 129 Å². The highest BCUT2D eigenvalue weighted by atomic mass is 16.7. The highest BCUT2D eigenvalue weighted by Crippen LogP contribution is 2.82. The molecule has 2 N–H and O–H groups in total. The van der Waals surface area contributed by atoms with Crippen LogP contribution in [-0.2, 0) is 33.3 Å². The van der Waals surface area contributed by atoms with Crippen molar-refractivity contribution in [2.24, 2.45) is 51.8 Å². The lowest BCUT2D eigenvalue weighted by atomic mass is 9.43. The number of fused-ring (bicyclic) bond motifs is 2. The van der Waals surface area contributed by atoms with Crippen LogP contribution in [0.4, 0.5) is 0 Å². The van der Waals surface area contributed by atoms with E-state index in [9.17, 15) is 24.6 Å². The summed E-state index contributed by atoms with van der Waals surface area (Å²) in [4.78, 5) is 39.3. The SMILES string of the molecule is CO[C@H]1[C@@H](OC(=O)C(C)C)[C@H](O)[C@H](OCC23CC4C(C)CCC4C4(C=O)CC2C=C(C(C)C)C43C(=O)O)O[C@@H]1C. The minimum absolute atomic E-state index is 0.0131. The molecule has 0 spiro atoms. The molecule has 12 atom stereocenters. The minimum atomic E-state index is -1.38. The van der Waals surface area contributed by atoms with E-state index in [1.165, 1.54) is 7.11 Å². The van der Waals surface area contributed by atoms with Crippen molar-refractivity contribution in [3.8, 4) is 0 Å². The molecule has 1 saturated heterocycles. The predicted molar refractivity (Wildman–Crippen MR) is 144 cm³/mol. The maximum atomic E-state index is 13.6. The van der Waals surface area contributed by atoms with E-state index in [1.807, 2.05) is 13.8 Å². The van der Waals surface area contributed by atoms with Crippen molar-refractivity contribution in [1.82, 2.24) is 0 Å². The number of esters is 1. The van der Waals surface area contributed by atoms with Gasteiger partial charge in [0.25, 0.3) is 0 Å². The molecule has 7 unspecified atom stereocenters.